The first-order chi connectivity index (χ1) is 14.9. The summed E-state index contributed by atoms with van der Waals surface area (Å²) in [7, 11) is 1.62. The summed E-state index contributed by atoms with van der Waals surface area (Å²) >= 11 is 12.0. The van der Waals surface area contributed by atoms with Gasteiger partial charge in [0.25, 0.3) is 0 Å². The van der Waals surface area contributed by atoms with Gasteiger partial charge in [-0.05, 0) is 24.6 Å². The Morgan fingerprint density at radius 2 is 2.03 bits per heavy atom. The number of anilines is 2. The summed E-state index contributed by atoms with van der Waals surface area (Å²) in [5.74, 6) is 1.32. The molecule has 3 aromatic rings. The second-order valence-corrected chi connectivity index (χ2v) is 7.49. The van der Waals surface area contributed by atoms with E-state index in [0.29, 0.717) is 47.3 Å². The number of amides is 1. The number of ether oxygens (including phenoxy) is 1. The summed E-state index contributed by atoms with van der Waals surface area (Å²) < 4.78 is 6.83. The van der Waals surface area contributed by atoms with Crippen molar-refractivity contribution in [3.05, 3.63) is 58.1 Å². The number of benzene rings is 1. The number of aryl methyl sites for hydroxylation is 1. The molecule has 0 atom stereocenters. The van der Waals surface area contributed by atoms with Gasteiger partial charge in [-0.25, -0.2) is 4.98 Å². The van der Waals surface area contributed by atoms with Crippen molar-refractivity contribution in [2.75, 3.05) is 37.4 Å². The van der Waals surface area contributed by atoms with E-state index in [9.17, 15) is 4.79 Å². The van der Waals surface area contributed by atoms with Gasteiger partial charge >= 0.3 is 0 Å². The van der Waals surface area contributed by atoms with Crippen LogP contribution in [0.1, 0.15) is 11.3 Å². The summed E-state index contributed by atoms with van der Waals surface area (Å²) in [5.41, 5.74) is 1.64. The molecule has 0 aliphatic heterocycles. The minimum atomic E-state index is -0.210. The Labute approximate surface area is 190 Å². The van der Waals surface area contributed by atoms with Crippen LogP contribution in [0.5, 0.6) is 0 Å². The first-order valence-electron chi connectivity index (χ1n) is 9.52. The Kier molecular flexibility index (Phi) is 8.05. The maximum absolute atomic E-state index is 12.3. The lowest BCUT2D eigenvalue weighted by Crippen LogP contribution is -2.29. The number of imidazole rings is 1. The molecule has 164 valence electrons. The first kappa shape index (κ1) is 22.8. The topological polar surface area (TPSA) is 106 Å². The molecule has 0 spiro atoms. The Bertz CT molecular complexity index is 1040. The zero-order valence-corrected chi connectivity index (χ0v) is 18.7. The normalized spacial score (nSPS) is 10.7. The van der Waals surface area contributed by atoms with Gasteiger partial charge in [-0.15, -0.1) is 0 Å². The van der Waals surface area contributed by atoms with Crippen molar-refractivity contribution >= 4 is 40.9 Å². The number of nitrogens with zero attached hydrogens (tertiary/aromatic N) is 4. The van der Waals surface area contributed by atoms with E-state index in [4.69, 9.17) is 27.9 Å². The van der Waals surface area contributed by atoms with Crippen LogP contribution in [0.4, 0.5) is 11.8 Å². The molecule has 0 saturated carbocycles. The number of carbonyl (C=O) groups excluding carboxylic acids is 1. The van der Waals surface area contributed by atoms with Gasteiger partial charge in [-0.1, -0.05) is 29.3 Å². The minimum Gasteiger partial charge on any atom is -0.383 e. The fourth-order valence-corrected chi connectivity index (χ4v) is 3.12. The van der Waals surface area contributed by atoms with E-state index < -0.39 is 0 Å². The molecule has 1 amide bonds. The second-order valence-electron chi connectivity index (χ2n) is 6.64. The highest BCUT2D eigenvalue weighted by Crippen LogP contribution is 2.20. The molecule has 3 rings (SSSR count). The molecule has 9 nitrogen and oxygen atoms in total. The van der Waals surface area contributed by atoms with E-state index >= 15 is 0 Å². The lowest BCUT2D eigenvalue weighted by atomic mass is 10.2. The largest absolute Gasteiger partial charge is 0.383 e. The highest BCUT2D eigenvalue weighted by atomic mass is 35.5. The van der Waals surface area contributed by atoms with E-state index in [1.807, 2.05) is 13.1 Å². The molecule has 0 aliphatic carbocycles. The fourth-order valence-electron chi connectivity index (χ4n) is 2.64. The van der Waals surface area contributed by atoms with Crippen LogP contribution >= 0.6 is 23.2 Å². The van der Waals surface area contributed by atoms with Gasteiger partial charge < -0.3 is 20.7 Å². The Morgan fingerprint density at radius 3 is 2.74 bits per heavy atom. The van der Waals surface area contributed by atoms with E-state index in [-0.39, 0.29) is 12.5 Å². The van der Waals surface area contributed by atoms with Crippen molar-refractivity contribution in [1.29, 1.82) is 0 Å². The molecular formula is C20H23Cl2N7O2. The molecule has 1 aromatic carbocycles. The zero-order valence-electron chi connectivity index (χ0n) is 17.2. The molecule has 0 fully saturated rings. The third-order valence-electron chi connectivity index (χ3n) is 4.20. The summed E-state index contributed by atoms with van der Waals surface area (Å²) in [6, 6.07) is 6.89. The molecule has 11 heteroatoms. The average Bonchev–Trinajstić information content (AvgIpc) is 3.18. The molecule has 0 saturated heterocycles. The smallest absolute Gasteiger partial charge is 0.239 e. The average molecular weight is 464 g/mol. The van der Waals surface area contributed by atoms with Crippen LogP contribution in [0, 0.1) is 6.92 Å². The van der Waals surface area contributed by atoms with E-state index in [1.54, 1.807) is 42.3 Å². The van der Waals surface area contributed by atoms with Gasteiger partial charge in [-0.2, -0.15) is 9.97 Å². The maximum atomic E-state index is 12.3. The minimum absolute atomic E-state index is 0.0299. The number of hydrogen-bond donors (Lipinski definition) is 3. The quantitative estimate of drug-likeness (QED) is 0.396. The summed E-state index contributed by atoms with van der Waals surface area (Å²) in [6.45, 7) is 3.28. The standard InChI is InChI=1S/C20H23Cl2N7O2/c1-13-11-29(12-26-13)18-8-17(27-20(28-18)23-5-6-31-2)24-10-19(30)25-9-14-3-4-15(21)7-16(14)22/h3-4,7-8,11-12H,5-6,9-10H2,1-2H3,(H,25,30)(H2,23,24,27,28). The van der Waals surface area contributed by atoms with Crippen LogP contribution < -0.4 is 16.0 Å². The Balaban J connectivity index is 1.64. The highest BCUT2D eigenvalue weighted by Gasteiger charge is 2.09. The number of hydrogen-bond acceptors (Lipinski definition) is 7. The van der Waals surface area contributed by atoms with Crippen molar-refractivity contribution in [2.24, 2.45) is 0 Å². The van der Waals surface area contributed by atoms with Crippen molar-refractivity contribution < 1.29 is 9.53 Å². The highest BCUT2D eigenvalue weighted by molar-refractivity contribution is 6.35. The van der Waals surface area contributed by atoms with Crippen LogP contribution in [0.2, 0.25) is 10.0 Å². The van der Waals surface area contributed by atoms with E-state index in [2.05, 4.69) is 30.9 Å². The number of halogens is 2. The Hall–Kier alpha value is -2.88. The molecule has 0 aliphatic rings. The fraction of sp³-hybridized carbons (Fsp3) is 0.300. The first-order valence-corrected chi connectivity index (χ1v) is 10.3. The third kappa shape index (κ3) is 6.81. The van der Waals surface area contributed by atoms with Crippen LogP contribution in [-0.2, 0) is 16.1 Å². The number of aromatic nitrogens is 4. The van der Waals surface area contributed by atoms with Crippen LogP contribution in [0.15, 0.2) is 36.8 Å². The molecule has 0 bridgehead atoms. The Morgan fingerprint density at radius 1 is 1.19 bits per heavy atom. The van der Waals surface area contributed by atoms with Crippen molar-refractivity contribution in [3.63, 3.8) is 0 Å². The number of carbonyl (C=O) groups is 1. The SMILES string of the molecule is COCCNc1nc(NCC(=O)NCc2ccc(Cl)cc2Cl)cc(-n2cnc(C)c2)n1. The van der Waals surface area contributed by atoms with Crippen LogP contribution in [0.3, 0.4) is 0 Å². The molecule has 3 N–H and O–H groups in total. The summed E-state index contributed by atoms with van der Waals surface area (Å²) in [4.78, 5) is 25.4. The molecular weight excluding hydrogens is 441 g/mol. The zero-order chi connectivity index (χ0) is 22.2. The van der Waals surface area contributed by atoms with Crippen molar-refractivity contribution in [2.45, 2.75) is 13.5 Å². The lowest BCUT2D eigenvalue weighted by Gasteiger charge is -2.12. The van der Waals surface area contributed by atoms with Gasteiger partial charge in [0.15, 0.2) is 0 Å². The predicted octanol–water partition coefficient (Wildman–Crippen LogP) is 3.06. The predicted molar refractivity (Wildman–Crippen MR) is 121 cm³/mol. The van der Waals surface area contributed by atoms with Gasteiger partial charge in [0.1, 0.15) is 18.0 Å². The maximum Gasteiger partial charge on any atom is 0.239 e. The summed E-state index contributed by atoms with van der Waals surface area (Å²) in [5, 5.41) is 10.00. The molecule has 2 heterocycles. The molecule has 2 aromatic heterocycles. The molecule has 0 radical (unpaired) electrons. The summed E-state index contributed by atoms with van der Waals surface area (Å²) in [6.07, 6.45) is 3.52. The number of methoxy groups -OCH3 is 1. The van der Waals surface area contributed by atoms with E-state index in [1.165, 1.54) is 0 Å². The second kappa shape index (κ2) is 10.9. The van der Waals surface area contributed by atoms with Crippen LogP contribution in [0.25, 0.3) is 5.82 Å². The lowest BCUT2D eigenvalue weighted by molar-refractivity contribution is -0.119. The third-order valence-corrected chi connectivity index (χ3v) is 4.79. The van der Waals surface area contributed by atoms with Gasteiger partial charge in [0, 0.05) is 42.5 Å². The van der Waals surface area contributed by atoms with Crippen LogP contribution in [-0.4, -0.2) is 52.2 Å². The van der Waals surface area contributed by atoms with E-state index in [0.717, 1.165) is 11.3 Å². The monoisotopic (exact) mass is 463 g/mol. The molecule has 0 unspecified atom stereocenters. The van der Waals surface area contributed by atoms with Gasteiger partial charge in [0.2, 0.25) is 11.9 Å². The number of rotatable bonds is 10. The van der Waals surface area contributed by atoms with Crippen molar-refractivity contribution in [3.8, 4) is 5.82 Å². The number of nitrogens with one attached hydrogen (secondary N) is 3. The van der Waals surface area contributed by atoms with Gasteiger partial charge in [-0.3, -0.25) is 9.36 Å². The van der Waals surface area contributed by atoms with Gasteiger partial charge in [0.05, 0.1) is 18.8 Å². The van der Waals surface area contributed by atoms with Crippen molar-refractivity contribution in [1.82, 2.24) is 24.8 Å². The molecule has 31 heavy (non-hydrogen) atoms.